The molecule has 0 heterocycles. The predicted molar refractivity (Wildman–Crippen MR) is 68.0 cm³/mol. The number of benzene rings is 1. The minimum Gasteiger partial charge on any atom is -0.489 e. The van der Waals surface area contributed by atoms with Crippen LogP contribution in [-0.2, 0) is 4.74 Å². The third-order valence-corrected chi connectivity index (χ3v) is 2.29. The van der Waals surface area contributed by atoms with Crippen molar-refractivity contribution in [3.05, 3.63) is 28.8 Å². The molecule has 0 aromatic heterocycles. The Balaban J connectivity index is 2.54. The van der Waals surface area contributed by atoms with Gasteiger partial charge in [-0.25, -0.2) is 0 Å². The third-order valence-electron chi connectivity index (χ3n) is 1.99. The van der Waals surface area contributed by atoms with E-state index in [9.17, 15) is 4.79 Å². The number of carbonyl (C=O) groups is 1. The van der Waals surface area contributed by atoms with Crippen LogP contribution in [0.5, 0.6) is 5.75 Å². The molecule has 94 valence electrons. The van der Waals surface area contributed by atoms with Crippen LogP contribution in [0.2, 0.25) is 5.02 Å². The maximum atomic E-state index is 10.8. The van der Waals surface area contributed by atoms with E-state index in [0.717, 1.165) is 6.29 Å². The van der Waals surface area contributed by atoms with E-state index >= 15 is 0 Å². The van der Waals surface area contributed by atoms with Crippen LogP contribution in [0.15, 0.2) is 18.2 Å². The Labute approximate surface area is 107 Å². The Morgan fingerprint density at radius 2 is 2.00 bits per heavy atom. The molecule has 0 aliphatic rings. The zero-order valence-corrected chi connectivity index (χ0v) is 11.1. The van der Waals surface area contributed by atoms with Crippen LogP contribution < -0.4 is 4.74 Å². The van der Waals surface area contributed by atoms with E-state index in [4.69, 9.17) is 21.1 Å². The molecule has 17 heavy (non-hydrogen) atoms. The van der Waals surface area contributed by atoms with Crippen molar-refractivity contribution in [3.8, 4) is 5.75 Å². The average molecular weight is 257 g/mol. The number of hydrogen-bond donors (Lipinski definition) is 0. The number of halogens is 1. The molecule has 0 saturated heterocycles. The first kappa shape index (κ1) is 14.0. The molecule has 1 aromatic rings. The van der Waals surface area contributed by atoms with Gasteiger partial charge in [0, 0.05) is 0 Å². The van der Waals surface area contributed by atoms with E-state index < -0.39 is 0 Å². The normalized spacial score (nSPS) is 11.3. The fraction of sp³-hybridized carbons (Fsp3) is 0.462. The van der Waals surface area contributed by atoms with E-state index in [-0.39, 0.29) is 5.60 Å². The van der Waals surface area contributed by atoms with E-state index in [0.29, 0.717) is 29.5 Å². The van der Waals surface area contributed by atoms with Gasteiger partial charge in [0.15, 0.2) is 6.29 Å². The van der Waals surface area contributed by atoms with Crippen LogP contribution >= 0.6 is 11.6 Å². The Bertz CT molecular complexity index is 383. The van der Waals surface area contributed by atoms with E-state index in [1.807, 2.05) is 20.8 Å². The first-order valence-corrected chi connectivity index (χ1v) is 5.82. The molecule has 4 heteroatoms. The molecular formula is C13H17ClO3. The number of rotatable bonds is 5. The molecule has 0 aliphatic carbocycles. The quantitative estimate of drug-likeness (QED) is 0.599. The molecule has 0 N–H and O–H groups in total. The zero-order valence-electron chi connectivity index (χ0n) is 10.3. The Kier molecular flexibility index (Phi) is 4.97. The summed E-state index contributed by atoms with van der Waals surface area (Å²) in [7, 11) is 0. The van der Waals surface area contributed by atoms with E-state index in [1.165, 1.54) is 0 Å². The van der Waals surface area contributed by atoms with Crippen LogP contribution in [0, 0.1) is 0 Å². The lowest BCUT2D eigenvalue weighted by molar-refractivity contribution is -0.0163. The molecule has 1 aromatic carbocycles. The van der Waals surface area contributed by atoms with Crippen molar-refractivity contribution < 1.29 is 14.3 Å². The second kappa shape index (κ2) is 6.03. The van der Waals surface area contributed by atoms with Gasteiger partial charge in [0.2, 0.25) is 0 Å². The van der Waals surface area contributed by atoms with Crippen molar-refractivity contribution in [2.24, 2.45) is 0 Å². The Morgan fingerprint density at radius 1 is 1.29 bits per heavy atom. The highest BCUT2D eigenvalue weighted by molar-refractivity contribution is 6.32. The average Bonchev–Trinajstić information content (AvgIpc) is 2.24. The van der Waals surface area contributed by atoms with Crippen molar-refractivity contribution in [3.63, 3.8) is 0 Å². The number of ether oxygens (including phenoxy) is 2. The van der Waals surface area contributed by atoms with Gasteiger partial charge in [-0.1, -0.05) is 17.7 Å². The van der Waals surface area contributed by atoms with Gasteiger partial charge < -0.3 is 9.47 Å². The molecule has 1 rings (SSSR count). The molecule has 0 radical (unpaired) electrons. The fourth-order valence-electron chi connectivity index (χ4n) is 1.26. The lowest BCUT2D eigenvalue weighted by atomic mass is 10.2. The van der Waals surface area contributed by atoms with Gasteiger partial charge in [-0.2, -0.15) is 0 Å². The van der Waals surface area contributed by atoms with Crippen molar-refractivity contribution >= 4 is 17.9 Å². The largest absolute Gasteiger partial charge is 0.489 e. The van der Waals surface area contributed by atoms with Crippen LogP contribution in [0.1, 0.15) is 31.1 Å². The van der Waals surface area contributed by atoms with Crippen LogP contribution in [-0.4, -0.2) is 25.1 Å². The monoisotopic (exact) mass is 256 g/mol. The summed E-state index contributed by atoms with van der Waals surface area (Å²) >= 11 is 5.95. The highest BCUT2D eigenvalue weighted by atomic mass is 35.5. The van der Waals surface area contributed by atoms with Crippen LogP contribution in [0.3, 0.4) is 0 Å². The molecule has 0 fully saturated rings. The first-order chi connectivity index (χ1) is 7.94. The number of hydrogen-bond acceptors (Lipinski definition) is 3. The minimum atomic E-state index is -0.197. The molecule has 3 nitrogen and oxygen atoms in total. The second-order valence-electron chi connectivity index (χ2n) is 4.59. The van der Waals surface area contributed by atoms with E-state index in [1.54, 1.807) is 18.2 Å². The highest BCUT2D eigenvalue weighted by Gasteiger charge is 2.11. The lowest BCUT2D eigenvalue weighted by Gasteiger charge is -2.19. The Hall–Kier alpha value is -1.06. The number of para-hydroxylation sites is 1. The first-order valence-electron chi connectivity index (χ1n) is 5.44. The van der Waals surface area contributed by atoms with Gasteiger partial charge in [0.1, 0.15) is 12.4 Å². The summed E-state index contributed by atoms with van der Waals surface area (Å²) in [4.78, 5) is 10.8. The van der Waals surface area contributed by atoms with Gasteiger partial charge in [-0.15, -0.1) is 0 Å². The standard InChI is InChI=1S/C13H17ClO3/c1-13(2,3)17-8-7-16-12-10(9-15)5-4-6-11(12)14/h4-6,9H,7-8H2,1-3H3. The number of carbonyl (C=O) groups excluding carboxylic acids is 1. The van der Waals surface area contributed by atoms with Gasteiger partial charge in [0.05, 0.1) is 22.8 Å². The van der Waals surface area contributed by atoms with Crippen LogP contribution in [0.4, 0.5) is 0 Å². The van der Waals surface area contributed by atoms with Gasteiger partial charge in [-0.05, 0) is 32.9 Å². The summed E-state index contributed by atoms with van der Waals surface area (Å²) in [5.41, 5.74) is 0.255. The molecular weight excluding hydrogens is 240 g/mol. The number of aldehydes is 1. The third kappa shape index (κ3) is 4.75. The van der Waals surface area contributed by atoms with Crippen LogP contribution in [0.25, 0.3) is 0 Å². The summed E-state index contributed by atoms with van der Waals surface area (Å²) in [5, 5.41) is 0.436. The maximum absolute atomic E-state index is 10.8. The molecule has 0 amide bonds. The SMILES string of the molecule is CC(C)(C)OCCOc1c(Cl)cccc1C=O. The fourth-order valence-corrected chi connectivity index (χ4v) is 1.50. The van der Waals surface area contributed by atoms with Gasteiger partial charge >= 0.3 is 0 Å². The van der Waals surface area contributed by atoms with E-state index in [2.05, 4.69) is 0 Å². The summed E-state index contributed by atoms with van der Waals surface area (Å²) in [5.74, 6) is 0.418. The minimum absolute atomic E-state index is 0.197. The molecule has 0 unspecified atom stereocenters. The van der Waals surface area contributed by atoms with Gasteiger partial charge in [0.25, 0.3) is 0 Å². The predicted octanol–water partition coefficient (Wildman–Crippen LogP) is 3.35. The summed E-state index contributed by atoms with van der Waals surface area (Å²) in [6.45, 7) is 6.73. The maximum Gasteiger partial charge on any atom is 0.153 e. The molecule has 0 saturated carbocycles. The second-order valence-corrected chi connectivity index (χ2v) is 4.99. The summed E-state index contributed by atoms with van der Waals surface area (Å²) in [6.07, 6.45) is 0.728. The van der Waals surface area contributed by atoms with Crippen molar-refractivity contribution in [1.29, 1.82) is 0 Å². The lowest BCUT2D eigenvalue weighted by Crippen LogP contribution is -2.22. The molecule has 0 spiro atoms. The van der Waals surface area contributed by atoms with Crippen molar-refractivity contribution in [2.45, 2.75) is 26.4 Å². The van der Waals surface area contributed by atoms with Crippen molar-refractivity contribution in [1.82, 2.24) is 0 Å². The topological polar surface area (TPSA) is 35.5 Å². The Morgan fingerprint density at radius 3 is 2.59 bits per heavy atom. The van der Waals surface area contributed by atoms with Gasteiger partial charge in [-0.3, -0.25) is 4.79 Å². The van der Waals surface area contributed by atoms with Crippen molar-refractivity contribution in [2.75, 3.05) is 13.2 Å². The highest BCUT2D eigenvalue weighted by Crippen LogP contribution is 2.27. The summed E-state index contributed by atoms with van der Waals surface area (Å²) in [6, 6.07) is 5.07. The molecule has 0 atom stereocenters. The zero-order chi connectivity index (χ0) is 12.9. The molecule has 0 aliphatic heterocycles. The summed E-state index contributed by atoms with van der Waals surface area (Å²) < 4.78 is 11.0. The smallest absolute Gasteiger partial charge is 0.153 e. The molecule has 0 bridgehead atoms.